The molecule has 7 nitrogen and oxygen atoms in total. The number of nitrogens with zero attached hydrogens (tertiary/aromatic N) is 2. The maximum absolute atomic E-state index is 11.4. The zero-order valence-corrected chi connectivity index (χ0v) is 12.7. The molecule has 8 heteroatoms. The lowest BCUT2D eigenvalue weighted by Crippen LogP contribution is -2.10. The summed E-state index contributed by atoms with van der Waals surface area (Å²) in [7, 11) is 2.83. The number of hydrogen-bond acceptors (Lipinski definition) is 8. The number of rotatable bonds is 5. The van der Waals surface area contributed by atoms with Crippen molar-refractivity contribution in [2.45, 2.75) is 0 Å². The van der Waals surface area contributed by atoms with E-state index < -0.39 is 11.5 Å². The van der Waals surface area contributed by atoms with Gasteiger partial charge >= 0.3 is 5.97 Å². The average molecular weight is 319 g/mol. The maximum atomic E-state index is 11.4. The first kappa shape index (κ1) is 15.6. The lowest BCUT2D eigenvalue weighted by Gasteiger charge is -2.01. The number of benzene rings is 1. The quantitative estimate of drug-likeness (QED) is 0.513. The SMILES string of the molecule is COC(=O)c1cc(=O)nc(N/N=C\c2ccc(OC)cc2)s1. The third-order valence-electron chi connectivity index (χ3n) is 2.55. The highest BCUT2D eigenvalue weighted by molar-refractivity contribution is 7.17. The van der Waals surface area contributed by atoms with E-state index in [2.05, 4.69) is 20.2 Å². The van der Waals surface area contributed by atoms with E-state index in [9.17, 15) is 9.59 Å². The van der Waals surface area contributed by atoms with Crippen molar-refractivity contribution in [1.29, 1.82) is 0 Å². The minimum Gasteiger partial charge on any atom is -0.497 e. The number of methoxy groups -OCH3 is 2. The standard InChI is InChI=1S/C14H13N3O4S/c1-20-10-5-3-9(4-6-10)8-15-17-14-16-12(18)7-11(22-14)13(19)21-2/h3-8H,1-2H3,(H,16,17,18)/b15-8-. The summed E-state index contributed by atoms with van der Waals surface area (Å²) in [4.78, 5) is 26.7. The van der Waals surface area contributed by atoms with Crippen LogP contribution >= 0.6 is 11.3 Å². The van der Waals surface area contributed by atoms with Crippen LogP contribution in [-0.4, -0.2) is 31.4 Å². The Morgan fingerprint density at radius 2 is 2.05 bits per heavy atom. The summed E-state index contributed by atoms with van der Waals surface area (Å²) >= 11 is 0.980. The van der Waals surface area contributed by atoms with Crippen LogP contribution in [0.15, 0.2) is 40.2 Å². The van der Waals surface area contributed by atoms with E-state index in [0.717, 1.165) is 28.7 Å². The summed E-state index contributed by atoms with van der Waals surface area (Å²) in [5, 5.41) is 4.18. The van der Waals surface area contributed by atoms with Gasteiger partial charge in [-0.25, -0.2) is 4.79 Å². The van der Waals surface area contributed by atoms with Crippen molar-refractivity contribution < 1.29 is 14.3 Å². The minimum atomic E-state index is -0.591. The summed E-state index contributed by atoms with van der Waals surface area (Å²) in [5.74, 6) is 0.155. The van der Waals surface area contributed by atoms with Gasteiger partial charge in [-0.15, -0.1) is 0 Å². The third kappa shape index (κ3) is 4.13. The molecule has 0 aliphatic rings. The monoisotopic (exact) mass is 319 g/mol. The second-order valence-electron chi connectivity index (χ2n) is 4.00. The van der Waals surface area contributed by atoms with E-state index >= 15 is 0 Å². The molecule has 0 amide bonds. The Balaban J connectivity index is 2.10. The van der Waals surface area contributed by atoms with Crippen LogP contribution in [0.5, 0.6) is 5.75 Å². The Kier molecular flexibility index (Phi) is 5.21. The van der Waals surface area contributed by atoms with Crippen LogP contribution in [0.4, 0.5) is 5.13 Å². The number of carbonyl (C=O) groups is 1. The third-order valence-corrected chi connectivity index (χ3v) is 3.43. The zero-order valence-electron chi connectivity index (χ0n) is 11.9. The fraction of sp³-hybridized carbons (Fsp3) is 0.143. The molecule has 0 fully saturated rings. The van der Waals surface area contributed by atoms with Crippen molar-refractivity contribution in [2.75, 3.05) is 19.6 Å². The molecule has 1 N–H and O–H groups in total. The molecule has 22 heavy (non-hydrogen) atoms. The molecule has 0 radical (unpaired) electrons. The number of hydrazone groups is 1. The molecule has 0 saturated carbocycles. The van der Waals surface area contributed by atoms with Gasteiger partial charge in [0, 0.05) is 6.07 Å². The first-order valence-electron chi connectivity index (χ1n) is 6.16. The van der Waals surface area contributed by atoms with Crippen LogP contribution in [0.25, 0.3) is 0 Å². The van der Waals surface area contributed by atoms with Crippen LogP contribution < -0.4 is 15.7 Å². The predicted molar refractivity (Wildman–Crippen MR) is 83.9 cm³/mol. The summed E-state index contributed by atoms with van der Waals surface area (Å²) < 4.78 is 9.62. The first-order valence-corrected chi connectivity index (χ1v) is 6.97. The summed E-state index contributed by atoms with van der Waals surface area (Å²) in [6.07, 6.45) is 1.56. The summed E-state index contributed by atoms with van der Waals surface area (Å²) in [6, 6.07) is 8.37. The molecule has 0 spiro atoms. The number of anilines is 1. The van der Waals surface area contributed by atoms with Gasteiger partial charge in [-0.1, -0.05) is 11.3 Å². The lowest BCUT2D eigenvalue weighted by molar-refractivity contribution is 0.0606. The van der Waals surface area contributed by atoms with Crippen molar-refractivity contribution in [1.82, 2.24) is 4.98 Å². The van der Waals surface area contributed by atoms with Gasteiger partial charge < -0.3 is 9.47 Å². The predicted octanol–water partition coefficient (Wildman–Crippen LogP) is 1.74. The number of carbonyl (C=O) groups excluding carboxylic acids is 1. The highest BCUT2D eigenvalue weighted by Crippen LogP contribution is 2.15. The second kappa shape index (κ2) is 7.32. The molecule has 114 valence electrons. The van der Waals surface area contributed by atoms with Crippen molar-refractivity contribution >= 4 is 28.7 Å². The first-order chi connectivity index (χ1) is 10.6. The highest BCUT2D eigenvalue weighted by Gasteiger charge is 2.09. The molecule has 1 heterocycles. The zero-order chi connectivity index (χ0) is 15.9. The molecule has 0 aliphatic carbocycles. The van der Waals surface area contributed by atoms with Gasteiger partial charge in [0.15, 0.2) is 0 Å². The van der Waals surface area contributed by atoms with Gasteiger partial charge in [-0.05, 0) is 29.8 Å². The van der Waals surface area contributed by atoms with Crippen molar-refractivity contribution in [2.24, 2.45) is 5.10 Å². The molecule has 2 aromatic rings. The van der Waals surface area contributed by atoms with Crippen LogP contribution in [0.1, 0.15) is 15.2 Å². The van der Waals surface area contributed by atoms with Crippen LogP contribution in [0, 0.1) is 0 Å². The van der Waals surface area contributed by atoms with Crippen LogP contribution in [0.3, 0.4) is 0 Å². The van der Waals surface area contributed by atoms with Crippen molar-refractivity contribution in [3.63, 3.8) is 0 Å². The lowest BCUT2D eigenvalue weighted by atomic mass is 10.2. The molecular formula is C14H13N3O4S. The average Bonchev–Trinajstić information content (AvgIpc) is 2.54. The molecular weight excluding hydrogens is 306 g/mol. The number of ether oxygens (including phenoxy) is 2. The Morgan fingerprint density at radius 1 is 1.32 bits per heavy atom. The Bertz CT molecular complexity index is 740. The fourth-order valence-electron chi connectivity index (χ4n) is 1.50. The molecule has 1 aromatic heterocycles. The molecule has 0 bridgehead atoms. The summed E-state index contributed by atoms with van der Waals surface area (Å²) in [5.41, 5.74) is 2.92. The van der Waals surface area contributed by atoms with E-state index in [-0.39, 0.29) is 10.0 Å². The molecule has 0 atom stereocenters. The summed E-state index contributed by atoms with van der Waals surface area (Å²) in [6.45, 7) is 0. The van der Waals surface area contributed by atoms with E-state index in [0.29, 0.717) is 0 Å². The molecule has 2 rings (SSSR count). The van der Waals surface area contributed by atoms with E-state index in [1.54, 1.807) is 25.5 Å². The van der Waals surface area contributed by atoms with Gasteiger partial charge in [-0.2, -0.15) is 10.1 Å². The Labute approximate surface area is 130 Å². The van der Waals surface area contributed by atoms with E-state index in [1.807, 2.05) is 12.1 Å². The second-order valence-corrected chi connectivity index (χ2v) is 5.03. The number of nitrogens with one attached hydrogen (secondary N) is 1. The van der Waals surface area contributed by atoms with E-state index in [1.165, 1.54) is 7.11 Å². The number of aromatic nitrogens is 1. The maximum Gasteiger partial charge on any atom is 0.348 e. The van der Waals surface area contributed by atoms with Crippen LogP contribution in [0.2, 0.25) is 0 Å². The van der Waals surface area contributed by atoms with Gasteiger partial charge in [-0.3, -0.25) is 10.2 Å². The number of esters is 1. The smallest absolute Gasteiger partial charge is 0.348 e. The van der Waals surface area contributed by atoms with Crippen LogP contribution in [-0.2, 0) is 4.74 Å². The van der Waals surface area contributed by atoms with Crippen molar-refractivity contribution in [3.05, 3.63) is 51.1 Å². The molecule has 0 aliphatic heterocycles. The van der Waals surface area contributed by atoms with Crippen molar-refractivity contribution in [3.8, 4) is 5.75 Å². The minimum absolute atomic E-state index is 0.157. The molecule has 0 unspecified atom stereocenters. The van der Waals surface area contributed by atoms with E-state index in [4.69, 9.17) is 4.74 Å². The number of hydrogen-bond donors (Lipinski definition) is 1. The fourth-order valence-corrected chi connectivity index (χ4v) is 2.27. The largest absolute Gasteiger partial charge is 0.497 e. The van der Waals surface area contributed by atoms with Gasteiger partial charge in [0.1, 0.15) is 10.6 Å². The van der Waals surface area contributed by atoms with Gasteiger partial charge in [0.25, 0.3) is 5.56 Å². The van der Waals surface area contributed by atoms with Gasteiger partial charge in [0.05, 0.1) is 20.4 Å². The topological polar surface area (TPSA) is 89.9 Å². The Morgan fingerprint density at radius 3 is 2.68 bits per heavy atom. The highest BCUT2D eigenvalue weighted by atomic mass is 32.1. The van der Waals surface area contributed by atoms with Gasteiger partial charge in [0.2, 0.25) is 5.13 Å². The molecule has 0 saturated heterocycles. The molecule has 1 aromatic carbocycles. The Hall–Kier alpha value is -2.74. The normalized spacial score (nSPS) is 10.5.